The zero-order valence-corrected chi connectivity index (χ0v) is 13.7. The number of hydrogen-bond donors (Lipinski definition) is 1. The molecule has 24 heavy (non-hydrogen) atoms. The summed E-state index contributed by atoms with van der Waals surface area (Å²) >= 11 is 0. The molecule has 1 fully saturated rings. The predicted molar refractivity (Wildman–Crippen MR) is 97.9 cm³/mol. The summed E-state index contributed by atoms with van der Waals surface area (Å²) in [6.07, 6.45) is 9.99. The molecule has 0 saturated carbocycles. The van der Waals surface area contributed by atoms with Gasteiger partial charge in [-0.15, -0.1) is 0 Å². The molecule has 0 bridgehead atoms. The fraction of sp³-hybridized carbons (Fsp3) is 0.300. The molecule has 1 aliphatic heterocycles. The molecule has 1 aromatic carbocycles. The van der Waals surface area contributed by atoms with E-state index in [2.05, 4.69) is 56.6 Å². The van der Waals surface area contributed by atoms with Crippen LogP contribution in [0.25, 0.3) is 10.8 Å². The van der Waals surface area contributed by atoms with Crippen LogP contribution < -0.4 is 5.32 Å². The van der Waals surface area contributed by atoms with Crippen molar-refractivity contribution < 1.29 is 0 Å². The van der Waals surface area contributed by atoms with E-state index in [1.165, 1.54) is 41.4 Å². The summed E-state index contributed by atoms with van der Waals surface area (Å²) in [6, 6.07) is 13.2. The van der Waals surface area contributed by atoms with Gasteiger partial charge in [-0.2, -0.15) is 0 Å². The quantitative estimate of drug-likeness (QED) is 0.796. The van der Waals surface area contributed by atoms with Crippen molar-refractivity contribution in [2.45, 2.75) is 25.4 Å². The Morgan fingerprint density at radius 2 is 1.92 bits per heavy atom. The van der Waals surface area contributed by atoms with Gasteiger partial charge in [0.1, 0.15) is 0 Å². The third-order valence-electron chi connectivity index (χ3n) is 4.70. The minimum absolute atomic E-state index is 0.486. The van der Waals surface area contributed by atoms with Gasteiger partial charge in [-0.25, -0.2) is 0 Å². The maximum atomic E-state index is 4.22. The summed E-state index contributed by atoms with van der Waals surface area (Å²) < 4.78 is 0. The standard InChI is InChI=1S/C20H22N4/c1-3-17-13-22-11-8-19(17)20(5-1)23-18-4-2-12-24(15-18)14-16-6-9-21-10-7-16/h1,3,5-11,13,18,23H,2,4,12,14-15H2. The zero-order chi connectivity index (χ0) is 16.2. The molecule has 122 valence electrons. The Morgan fingerprint density at radius 1 is 1.04 bits per heavy atom. The molecule has 0 radical (unpaired) electrons. The Kier molecular flexibility index (Phi) is 4.38. The van der Waals surface area contributed by atoms with Gasteiger partial charge in [-0.05, 0) is 49.2 Å². The third-order valence-corrected chi connectivity index (χ3v) is 4.70. The van der Waals surface area contributed by atoms with Gasteiger partial charge in [0.2, 0.25) is 0 Å². The Morgan fingerprint density at radius 3 is 2.83 bits per heavy atom. The number of benzene rings is 1. The molecule has 1 unspecified atom stereocenters. The Hall–Kier alpha value is -2.46. The Labute approximate surface area is 142 Å². The molecule has 1 N–H and O–H groups in total. The molecule has 1 atom stereocenters. The number of fused-ring (bicyclic) bond motifs is 1. The third kappa shape index (κ3) is 3.39. The number of piperidine rings is 1. The number of aromatic nitrogens is 2. The molecule has 0 spiro atoms. The lowest BCUT2D eigenvalue weighted by atomic mass is 10.0. The summed E-state index contributed by atoms with van der Waals surface area (Å²) in [6.45, 7) is 3.24. The van der Waals surface area contributed by atoms with Gasteiger partial charge < -0.3 is 5.32 Å². The van der Waals surface area contributed by atoms with Crippen molar-refractivity contribution in [2.75, 3.05) is 18.4 Å². The van der Waals surface area contributed by atoms with Crippen molar-refractivity contribution in [1.29, 1.82) is 0 Å². The highest BCUT2D eigenvalue weighted by Crippen LogP contribution is 2.25. The first-order chi connectivity index (χ1) is 11.9. The molecule has 0 aliphatic carbocycles. The van der Waals surface area contributed by atoms with Crippen LogP contribution in [0, 0.1) is 0 Å². The van der Waals surface area contributed by atoms with E-state index in [1.807, 2.05) is 24.8 Å². The van der Waals surface area contributed by atoms with Crippen LogP contribution >= 0.6 is 0 Å². The van der Waals surface area contributed by atoms with Crippen LogP contribution in [0.2, 0.25) is 0 Å². The monoisotopic (exact) mass is 318 g/mol. The van der Waals surface area contributed by atoms with E-state index < -0.39 is 0 Å². The maximum Gasteiger partial charge on any atom is 0.0423 e. The second-order valence-corrected chi connectivity index (χ2v) is 6.48. The van der Waals surface area contributed by atoms with Gasteiger partial charge in [0, 0.05) is 60.4 Å². The average molecular weight is 318 g/mol. The van der Waals surface area contributed by atoms with E-state index in [1.54, 1.807) is 0 Å². The lowest BCUT2D eigenvalue weighted by Gasteiger charge is -2.34. The number of hydrogen-bond acceptors (Lipinski definition) is 4. The van der Waals surface area contributed by atoms with Gasteiger partial charge in [0.25, 0.3) is 0 Å². The lowest BCUT2D eigenvalue weighted by Crippen LogP contribution is -2.41. The van der Waals surface area contributed by atoms with Crippen molar-refractivity contribution in [3.63, 3.8) is 0 Å². The highest BCUT2D eigenvalue weighted by Gasteiger charge is 2.20. The molecule has 2 aromatic heterocycles. The first-order valence-electron chi connectivity index (χ1n) is 8.59. The van der Waals surface area contributed by atoms with Crippen molar-refractivity contribution in [1.82, 2.24) is 14.9 Å². The summed E-state index contributed by atoms with van der Waals surface area (Å²) in [5.74, 6) is 0. The van der Waals surface area contributed by atoms with Crippen LogP contribution in [-0.2, 0) is 6.54 Å². The van der Waals surface area contributed by atoms with Gasteiger partial charge in [0.15, 0.2) is 0 Å². The zero-order valence-electron chi connectivity index (χ0n) is 13.7. The first-order valence-corrected chi connectivity index (χ1v) is 8.59. The van der Waals surface area contributed by atoms with Crippen LogP contribution in [0.1, 0.15) is 18.4 Å². The molecule has 4 nitrogen and oxygen atoms in total. The van der Waals surface area contributed by atoms with Gasteiger partial charge >= 0.3 is 0 Å². The average Bonchev–Trinajstić information content (AvgIpc) is 2.63. The fourth-order valence-electron chi connectivity index (χ4n) is 3.53. The lowest BCUT2D eigenvalue weighted by molar-refractivity contribution is 0.208. The highest BCUT2D eigenvalue weighted by atomic mass is 15.2. The number of nitrogens with zero attached hydrogens (tertiary/aromatic N) is 3. The molecule has 4 heteroatoms. The molecule has 3 heterocycles. The second kappa shape index (κ2) is 6.97. The molecule has 3 aromatic rings. The number of likely N-dealkylation sites (tertiary alicyclic amines) is 1. The van der Waals surface area contributed by atoms with E-state index in [-0.39, 0.29) is 0 Å². The van der Waals surface area contributed by atoms with Crippen LogP contribution in [0.4, 0.5) is 5.69 Å². The minimum Gasteiger partial charge on any atom is -0.381 e. The van der Waals surface area contributed by atoms with Crippen molar-refractivity contribution in [3.05, 3.63) is 66.7 Å². The largest absolute Gasteiger partial charge is 0.381 e. The number of nitrogens with one attached hydrogen (secondary N) is 1. The minimum atomic E-state index is 0.486. The molecular formula is C20H22N4. The molecule has 4 rings (SSSR count). The molecule has 0 amide bonds. The van der Waals surface area contributed by atoms with Crippen LogP contribution in [0.15, 0.2) is 61.2 Å². The SMILES string of the molecule is c1cc(NC2CCCN(Cc3ccncc3)C2)c2ccncc2c1. The summed E-state index contributed by atoms with van der Waals surface area (Å²) in [5, 5.41) is 6.19. The summed E-state index contributed by atoms with van der Waals surface area (Å²) in [7, 11) is 0. The Bertz CT molecular complexity index is 798. The van der Waals surface area contributed by atoms with E-state index in [0.717, 1.165) is 13.1 Å². The summed E-state index contributed by atoms with van der Waals surface area (Å²) in [5.41, 5.74) is 2.55. The fourth-order valence-corrected chi connectivity index (χ4v) is 3.53. The van der Waals surface area contributed by atoms with E-state index >= 15 is 0 Å². The van der Waals surface area contributed by atoms with Crippen LogP contribution in [-0.4, -0.2) is 34.0 Å². The maximum absolute atomic E-state index is 4.22. The smallest absolute Gasteiger partial charge is 0.0423 e. The van der Waals surface area contributed by atoms with E-state index in [4.69, 9.17) is 0 Å². The Balaban J connectivity index is 1.46. The topological polar surface area (TPSA) is 41.0 Å². The molecule has 1 saturated heterocycles. The first kappa shape index (κ1) is 15.1. The number of rotatable bonds is 4. The van der Waals surface area contributed by atoms with Crippen LogP contribution in [0.5, 0.6) is 0 Å². The van der Waals surface area contributed by atoms with Crippen molar-refractivity contribution in [2.24, 2.45) is 0 Å². The van der Waals surface area contributed by atoms with Crippen molar-refractivity contribution >= 4 is 16.5 Å². The normalized spacial score (nSPS) is 18.6. The van der Waals surface area contributed by atoms with E-state index in [9.17, 15) is 0 Å². The van der Waals surface area contributed by atoms with Gasteiger partial charge in [-0.1, -0.05) is 12.1 Å². The van der Waals surface area contributed by atoms with Crippen molar-refractivity contribution in [3.8, 4) is 0 Å². The van der Waals surface area contributed by atoms with Crippen LogP contribution in [0.3, 0.4) is 0 Å². The molecule has 1 aliphatic rings. The van der Waals surface area contributed by atoms with Gasteiger partial charge in [-0.3, -0.25) is 14.9 Å². The number of anilines is 1. The van der Waals surface area contributed by atoms with Gasteiger partial charge in [0.05, 0.1) is 0 Å². The second-order valence-electron chi connectivity index (χ2n) is 6.48. The molecular weight excluding hydrogens is 296 g/mol. The van der Waals surface area contributed by atoms with E-state index in [0.29, 0.717) is 6.04 Å². The summed E-state index contributed by atoms with van der Waals surface area (Å²) in [4.78, 5) is 10.9. The highest BCUT2D eigenvalue weighted by molar-refractivity contribution is 5.93. The number of pyridine rings is 2. The predicted octanol–water partition coefficient (Wildman–Crippen LogP) is 3.71.